The molecule has 2 aliphatic heterocycles. The van der Waals surface area contributed by atoms with Gasteiger partial charge in [-0.05, 0) is 11.1 Å². The van der Waals surface area contributed by atoms with E-state index in [1.807, 2.05) is 23.1 Å². The monoisotopic (exact) mass is 379 g/mol. The zero-order chi connectivity index (χ0) is 19.2. The lowest BCUT2D eigenvalue weighted by Crippen LogP contribution is -2.51. The van der Waals surface area contributed by atoms with E-state index in [9.17, 15) is 4.79 Å². The van der Waals surface area contributed by atoms with Crippen molar-refractivity contribution in [2.45, 2.75) is 12.6 Å². The van der Waals surface area contributed by atoms with Crippen LogP contribution >= 0.6 is 0 Å². The van der Waals surface area contributed by atoms with Gasteiger partial charge in [0.2, 0.25) is 5.91 Å². The van der Waals surface area contributed by atoms with Crippen molar-refractivity contribution >= 4 is 5.91 Å². The topological polar surface area (TPSA) is 36.0 Å². The average Bonchev–Trinajstić information content (AvgIpc) is 2.76. The fourth-order valence-corrected chi connectivity index (χ4v) is 3.98. The SMILES string of the molecule is O=C(CN1CCN(Cc2ccccc2)CC1)N1CCOC(c2ccccc2)C1. The Morgan fingerprint density at radius 3 is 2.21 bits per heavy atom. The molecular weight excluding hydrogens is 350 g/mol. The Labute approximate surface area is 167 Å². The van der Waals surface area contributed by atoms with Crippen LogP contribution in [0.3, 0.4) is 0 Å². The van der Waals surface area contributed by atoms with Gasteiger partial charge >= 0.3 is 0 Å². The van der Waals surface area contributed by atoms with Gasteiger partial charge in [0.05, 0.1) is 19.7 Å². The fourth-order valence-electron chi connectivity index (χ4n) is 3.98. The van der Waals surface area contributed by atoms with Gasteiger partial charge in [-0.2, -0.15) is 0 Å². The number of hydrogen-bond donors (Lipinski definition) is 0. The highest BCUT2D eigenvalue weighted by molar-refractivity contribution is 5.78. The number of nitrogens with zero attached hydrogens (tertiary/aromatic N) is 3. The van der Waals surface area contributed by atoms with Crippen molar-refractivity contribution < 1.29 is 9.53 Å². The molecule has 0 bridgehead atoms. The molecule has 1 atom stereocenters. The van der Waals surface area contributed by atoms with Crippen molar-refractivity contribution in [3.63, 3.8) is 0 Å². The first-order valence-electron chi connectivity index (χ1n) is 10.2. The highest BCUT2D eigenvalue weighted by atomic mass is 16.5. The molecule has 148 valence electrons. The predicted molar refractivity (Wildman–Crippen MR) is 110 cm³/mol. The van der Waals surface area contributed by atoms with Gasteiger partial charge in [-0.25, -0.2) is 0 Å². The summed E-state index contributed by atoms with van der Waals surface area (Å²) >= 11 is 0. The second-order valence-electron chi connectivity index (χ2n) is 7.65. The van der Waals surface area contributed by atoms with E-state index in [1.54, 1.807) is 0 Å². The number of morpholine rings is 1. The van der Waals surface area contributed by atoms with Crippen molar-refractivity contribution in [3.8, 4) is 0 Å². The Hall–Kier alpha value is -2.21. The lowest BCUT2D eigenvalue weighted by Gasteiger charge is -2.37. The average molecular weight is 380 g/mol. The molecule has 0 radical (unpaired) electrons. The summed E-state index contributed by atoms with van der Waals surface area (Å²) in [5, 5.41) is 0. The molecule has 5 heteroatoms. The molecule has 0 saturated carbocycles. The smallest absolute Gasteiger partial charge is 0.236 e. The molecule has 1 unspecified atom stereocenters. The standard InChI is InChI=1S/C23H29N3O2/c27-23(26-15-16-28-22(18-26)21-9-5-2-6-10-21)19-25-13-11-24(12-14-25)17-20-7-3-1-4-8-20/h1-10,22H,11-19H2. The molecule has 28 heavy (non-hydrogen) atoms. The van der Waals surface area contributed by atoms with Crippen LogP contribution in [0.2, 0.25) is 0 Å². The van der Waals surface area contributed by atoms with Crippen LogP contribution in [0.4, 0.5) is 0 Å². The molecule has 0 aromatic heterocycles. The van der Waals surface area contributed by atoms with Gasteiger partial charge < -0.3 is 9.64 Å². The van der Waals surface area contributed by atoms with E-state index in [-0.39, 0.29) is 12.0 Å². The lowest BCUT2D eigenvalue weighted by atomic mass is 10.1. The molecule has 2 saturated heterocycles. The van der Waals surface area contributed by atoms with Crippen LogP contribution in [0.5, 0.6) is 0 Å². The maximum atomic E-state index is 12.8. The number of ether oxygens (including phenoxy) is 1. The van der Waals surface area contributed by atoms with Crippen molar-refractivity contribution in [2.24, 2.45) is 0 Å². The number of hydrogen-bond acceptors (Lipinski definition) is 4. The third kappa shape index (κ3) is 4.98. The van der Waals surface area contributed by atoms with Gasteiger partial charge in [0.25, 0.3) is 0 Å². The van der Waals surface area contributed by atoms with Crippen LogP contribution in [0.1, 0.15) is 17.2 Å². The van der Waals surface area contributed by atoms with E-state index in [1.165, 1.54) is 5.56 Å². The number of benzene rings is 2. The number of rotatable bonds is 5. The Balaban J connectivity index is 1.24. The van der Waals surface area contributed by atoms with Gasteiger partial charge in [0.15, 0.2) is 0 Å². The van der Waals surface area contributed by atoms with Crippen LogP contribution in [-0.4, -0.2) is 73.0 Å². The highest BCUT2D eigenvalue weighted by Gasteiger charge is 2.27. The summed E-state index contributed by atoms with van der Waals surface area (Å²) in [6.07, 6.45) is -0.0124. The number of amides is 1. The molecule has 2 fully saturated rings. The summed E-state index contributed by atoms with van der Waals surface area (Å²) in [7, 11) is 0. The molecule has 2 aromatic carbocycles. The van der Waals surface area contributed by atoms with E-state index >= 15 is 0 Å². The normalized spacial score (nSPS) is 21.6. The lowest BCUT2D eigenvalue weighted by molar-refractivity contribution is -0.140. The molecule has 0 spiro atoms. The summed E-state index contributed by atoms with van der Waals surface area (Å²) < 4.78 is 5.89. The second kappa shape index (κ2) is 9.32. The minimum absolute atomic E-state index is 0.0124. The van der Waals surface area contributed by atoms with Gasteiger partial charge in [-0.1, -0.05) is 60.7 Å². The van der Waals surface area contributed by atoms with Gasteiger partial charge in [-0.3, -0.25) is 14.6 Å². The van der Waals surface area contributed by atoms with Gasteiger partial charge in [0, 0.05) is 39.3 Å². The molecule has 0 aliphatic carbocycles. The second-order valence-corrected chi connectivity index (χ2v) is 7.65. The number of carbonyl (C=O) groups is 1. The summed E-state index contributed by atoms with van der Waals surface area (Å²) in [6.45, 7) is 7.38. The minimum Gasteiger partial charge on any atom is -0.370 e. The fraction of sp³-hybridized carbons (Fsp3) is 0.435. The minimum atomic E-state index is -0.0124. The maximum absolute atomic E-state index is 12.8. The molecular formula is C23H29N3O2. The quantitative estimate of drug-likeness (QED) is 0.799. The molecule has 1 amide bonds. The molecule has 2 heterocycles. The molecule has 2 aromatic rings. The summed E-state index contributed by atoms with van der Waals surface area (Å²) in [4.78, 5) is 19.6. The maximum Gasteiger partial charge on any atom is 0.236 e. The first-order chi connectivity index (χ1) is 13.8. The number of piperazine rings is 1. The van der Waals surface area contributed by atoms with Crippen LogP contribution in [0.25, 0.3) is 0 Å². The summed E-state index contributed by atoms with van der Waals surface area (Å²) in [5.41, 5.74) is 2.50. The predicted octanol–water partition coefficient (Wildman–Crippen LogP) is 2.40. The van der Waals surface area contributed by atoms with Crippen molar-refractivity contribution in [3.05, 3.63) is 71.8 Å². The molecule has 2 aliphatic rings. The van der Waals surface area contributed by atoms with E-state index in [4.69, 9.17) is 4.74 Å². The van der Waals surface area contributed by atoms with Gasteiger partial charge in [-0.15, -0.1) is 0 Å². The van der Waals surface area contributed by atoms with Crippen LogP contribution in [0, 0.1) is 0 Å². The Kier molecular flexibility index (Phi) is 6.37. The molecule has 5 nitrogen and oxygen atoms in total. The zero-order valence-corrected chi connectivity index (χ0v) is 16.4. The zero-order valence-electron chi connectivity index (χ0n) is 16.4. The van der Waals surface area contributed by atoms with E-state index in [2.05, 4.69) is 52.3 Å². The van der Waals surface area contributed by atoms with Crippen molar-refractivity contribution in [1.82, 2.24) is 14.7 Å². The van der Waals surface area contributed by atoms with Crippen molar-refractivity contribution in [1.29, 1.82) is 0 Å². The molecule has 0 N–H and O–H groups in total. The van der Waals surface area contributed by atoms with E-state index in [0.29, 0.717) is 26.2 Å². The Morgan fingerprint density at radius 2 is 1.50 bits per heavy atom. The summed E-state index contributed by atoms with van der Waals surface area (Å²) in [6, 6.07) is 20.8. The third-order valence-corrected chi connectivity index (χ3v) is 5.66. The molecule has 4 rings (SSSR count). The first-order valence-corrected chi connectivity index (χ1v) is 10.2. The van der Waals surface area contributed by atoms with Gasteiger partial charge in [0.1, 0.15) is 6.10 Å². The van der Waals surface area contributed by atoms with Crippen LogP contribution in [-0.2, 0) is 16.1 Å². The highest BCUT2D eigenvalue weighted by Crippen LogP contribution is 2.22. The third-order valence-electron chi connectivity index (χ3n) is 5.66. The summed E-state index contributed by atoms with van der Waals surface area (Å²) in [5.74, 6) is 0.223. The van der Waals surface area contributed by atoms with E-state index < -0.39 is 0 Å². The van der Waals surface area contributed by atoms with Crippen molar-refractivity contribution in [2.75, 3.05) is 52.4 Å². The largest absolute Gasteiger partial charge is 0.370 e. The van der Waals surface area contributed by atoms with E-state index in [0.717, 1.165) is 38.3 Å². The Morgan fingerprint density at radius 1 is 0.857 bits per heavy atom. The number of carbonyl (C=O) groups excluding carboxylic acids is 1. The Bertz CT molecular complexity index is 745. The van der Waals surface area contributed by atoms with Crippen LogP contribution in [0.15, 0.2) is 60.7 Å². The first kappa shape index (κ1) is 19.1. The van der Waals surface area contributed by atoms with Crippen LogP contribution < -0.4 is 0 Å².